The number of para-hydroxylation sites is 2. The minimum atomic E-state index is -0.552. The van der Waals surface area contributed by atoms with Crippen LogP contribution in [0.25, 0.3) is 27.5 Å². The average Bonchev–Trinajstić information content (AvgIpc) is 3.46. The quantitative estimate of drug-likeness (QED) is 0.172. The highest BCUT2D eigenvalue weighted by molar-refractivity contribution is 6.11. The van der Waals surface area contributed by atoms with Crippen LogP contribution in [0.1, 0.15) is 29.2 Å². The predicted molar refractivity (Wildman–Crippen MR) is 209 cm³/mol. The molecule has 0 saturated heterocycles. The van der Waals surface area contributed by atoms with E-state index >= 15 is 0 Å². The fourth-order valence-electron chi connectivity index (χ4n) is 8.24. The first-order valence-corrected chi connectivity index (χ1v) is 17.2. The Labute approximate surface area is 293 Å². The molecular formula is C48H35NO. The Morgan fingerprint density at radius 2 is 1.22 bits per heavy atom. The first-order valence-electron chi connectivity index (χ1n) is 17.2. The Morgan fingerprint density at radius 1 is 0.580 bits per heavy atom. The lowest BCUT2D eigenvalue weighted by molar-refractivity contribution is 0.487. The van der Waals surface area contributed by atoms with Crippen molar-refractivity contribution in [2.24, 2.45) is 0 Å². The van der Waals surface area contributed by atoms with Crippen molar-refractivity contribution >= 4 is 33.4 Å². The highest BCUT2D eigenvalue weighted by atomic mass is 16.5. The molecule has 238 valence electrons. The molecule has 0 N–H and O–H groups in total. The zero-order valence-electron chi connectivity index (χ0n) is 27.9. The normalized spacial score (nSPS) is 13.9. The van der Waals surface area contributed by atoms with Gasteiger partial charge in [0.2, 0.25) is 0 Å². The van der Waals surface area contributed by atoms with Gasteiger partial charge in [0.1, 0.15) is 11.5 Å². The second-order valence-electron chi connectivity index (χ2n) is 12.8. The third-order valence-electron chi connectivity index (χ3n) is 10.2. The molecule has 50 heavy (non-hydrogen) atoms. The van der Waals surface area contributed by atoms with Crippen LogP contribution in [0.5, 0.6) is 11.5 Å². The van der Waals surface area contributed by atoms with Crippen molar-refractivity contribution in [3.63, 3.8) is 0 Å². The molecule has 0 unspecified atom stereocenters. The molecule has 0 saturated carbocycles. The maximum atomic E-state index is 6.50. The van der Waals surface area contributed by atoms with Gasteiger partial charge in [-0.15, -0.1) is 0 Å². The fraction of sp³-hybridized carbons (Fsp3) is 0.0417. The minimum Gasteiger partial charge on any atom is -0.456 e. The van der Waals surface area contributed by atoms with E-state index in [2.05, 4.69) is 182 Å². The highest BCUT2D eigenvalue weighted by Gasteiger charge is 2.46. The van der Waals surface area contributed by atoms with Crippen molar-refractivity contribution in [1.29, 1.82) is 0 Å². The van der Waals surface area contributed by atoms with Crippen LogP contribution in [-0.4, -0.2) is 0 Å². The molecule has 2 heteroatoms. The van der Waals surface area contributed by atoms with E-state index in [0.717, 1.165) is 50.5 Å². The van der Waals surface area contributed by atoms with E-state index in [1.54, 1.807) is 0 Å². The number of rotatable bonds is 7. The number of fused-ring (bicyclic) bond motifs is 3. The number of nitrogens with zero attached hydrogens (tertiary/aromatic N) is 1. The van der Waals surface area contributed by atoms with Crippen molar-refractivity contribution in [2.45, 2.75) is 12.3 Å². The van der Waals surface area contributed by atoms with Gasteiger partial charge in [-0.25, -0.2) is 0 Å². The van der Waals surface area contributed by atoms with Crippen LogP contribution in [0.2, 0.25) is 0 Å². The van der Waals surface area contributed by atoms with Gasteiger partial charge in [0, 0.05) is 27.7 Å². The summed E-state index contributed by atoms with van der Waals surface area (Å²) in [4.78, 5) is 2.39. The summed E-state index contributed by atoms with van der Waals surface area (Å²) in [6, 6.07) is 58.7. The molecule has 0 fully saturated rings. The van der Waals surface area contributed by atoms with Crippen LogP contribution in [0.4, 0.5) is 17.1 Å². The SMILES string of the molecule is C=CC1=C(/C=C\C)C(c2ccccc2)(c2ccccc2)c2cc(N(c3ccccc3)c3ccc4c5c(cccc35)Oc3ccccc3-4)ccc21. The molecule has 9 rings (SSSR count). The molecule has 2 nitrogen and oxygen atoms in total. The van der Waals surface area contributed by atoms with Crippen LogP contribution in [0.3, 0.4) is 0 Å². The summed E-state index contributed by atoms with van der Waals surface area (Å²) >= 11 is 0. The Balaban J connectivity index is 1.34. The largest absolute Gasteiger partial charge is 0.456 e. The van der Waals surface area contributed by atoms with Gasteiger partial charge in [0.05, 0.1) is 11.1 Å². The van der Waals surface area contributed by atoms with Crippen LogP contribution in [-0.2, 0) is 5.41 Å². The molecule has 7 aromatic rings. The lowest BCUT2D eigenvalue weighted by Gasteiger charge is -2.36. The van der Waals surface area contributed by atoms with Crippen LogP contribution in [0.15, 0.2) is 194 Å². The first-order chi connectivity index (χ1) is 24.7. The molecule has 0 amide bonds. The minimum absolute atomic E-state index is 0.552. The lowest BCUT2D eigenvalue weighted by atomic mass is 9.66. The predicted octanol–water partition coefficient (Wildman–Crippen LogP) is 12.9. The van der Waals surface area contributed by atoms with Crippen molar-refractivity contribution < 1.29 is 4.74 Å². The van der Waals surface area contributed by atoms with Crippen molar-refractivity contribution in [3.8, 4) is 22.6 Å². The summed E-state index contributed by atoms with van der Waals surface area (Å²) in [5.41, 5.74) is 12.2. The van der Waals surface area contributed by atoms with Gasteiger partial charge in [-0.05, 0) is 88.4 Å². The molecule has 0 atom stereocenters. The lowest BCUT2D eigenvalue weighted by Crippen LogP contribution is -2.29. The molecule has 7 aromatic carbocycles. The van der Waals surface area contributed by atoms with E-state index < -0.39 is 5.41 Å². The highest BCUT2D eigenvalue weighted by Crippen LogP contribution is 2.57. The van der Waals surface area contributed by atoms with Crippen LogP contribution < -0.4 is 9.64 Å². The van der Waals surface area contributed by atoms with E-state index in [1.807, 2.05) is 18.2 Å². The summed E-state index contributed by atoms with van der Waals surface area (Å²) in [5.74, 6) is 1.77. The van der Waals surface area contributed by atoms with Gasteiger partial charge in [0.15, 0.2) is 0 Å². The van der Waals surface area contributed by atoms with E-state index in [9.17, 15) is 0 Å². The van der Waals surface area contributed by atoms with E-state index in [1.165, 1.54) is 33.4 Å². The van der Waals surface area contributed by atoms with Crippen molar-refractivity contribution in [2.75, 3.05) is 4.90 Å². The second-order valence-corrected chi connectivity index (χ2v) is 12.8. The number of allylic oxidation sites excluding steroid dienone is 5. The Bertz CT molecular complexity index is 2430. The Kier molecular flexibility index (Phi) is 7.10. The zero-order valence-corrected chi connectivity index (χ0v) is 27.9. The maximum absolute atomic E-state index is 6.50. The molecule has 0 bridgehead atoms. The third-order valence-corrected chi connectivity index (χ3v) is 10.2. The number of ether oxygens (including phenoxy) is 1. The van der Waals surface area contributed by atoms with E-state index in [-0.39, 0.29) is 0 Å². The summed E-state index contributed by atoms with van der Waals surface area (Å²) in [6.45, 7) is 6.44. The van der Waals surface area contributed by atoms with Gasteiger partial charge in [-0.1, -0.05) is 146 Å². The Morgan fingerprint density at radius 3 is 1.92 bits per heavy atom. The standard InChI is InChI=1S/C48H35NO/c1-3-17-42-37(4-2)38-29-28-36(32-43(38)48(42,33-18-8-5-9-19-33)34-20-10-6-11-21-34)49(35-22-12-7-13-23-35)44-31-30-40-39-24-14-15-26-45(39)50-46-27-16-25-41(44)47(40)46/h3-32H,2H2,1H3/b17-3-. The monoisotopic (exact) mass is 641 g/mol. The maximum Gasteiger partial charge on any atom is 0.135 e. The molecular weight excluding hydrogens is 607 g/mol. The molecule has 0 radical (unpaired) electrons. The number of hydrogen-bond donors (Lipinski definition) is 0. The molecule has 0 spiro atoms. The second kappa shape index (κ2) is 11.9. The molecule has 2 aliphatic rings. The van der Waals surface area contributed by atoms with E-state index in [0.29, 0.717) is 0 Å². The summed E-state index contributed by atoms with van der Waals surface area (Å²) < 4.78 is 6.50. The smallest absolute Gasteiger partial charge is 0.135 e. The third kappa shape index (κ3) is 4.35. The topological polar surface area (TPSA) is 12.5 Å². The molecule has 1 aliphatic carbocycles. The van der Waals surface area contributed by atoms with Gasteiger partial charge in [-0.3, -0.25) is 0 Å². The molecule has 1 aliphatic heterocycles. The van der Waals surface area contributed by atoms with Crippen molar-refractivity contribution in [1.82, 2.24) is 0 Å². The van der Waals surface area contributed by atoms with Crippen LogP contribution in [0, 0.1) is 0 Å². The van der Waals surface area contributed by atoms with E-state index in [4.69, 9.17) is 4.74 Å². The summed E-state index contributed by atoms with van der Waals surface area (Å²) in [6.07, 6.45) is 6.45. The average molecular weight is 642 g/mol. The summed E-state index contributed by atoms with van der Waals surface area (Å²) in [7, 11) is 0. The Hall–Kier alpha value is -6.38. The van der Waals surface area contributed by atoms with Gasteiger partial charge < -0.3 is 9.64 Å². The number of hydrogen-bond acceptors (Lipinski definition) is 2. The fourth-order valence-corrected chi connectivity index (χ4v) is 8.24. The molecule has 1 heterocycles. The van der Waals surface area contributed by atoms with Gasteiger partial charge >= 0.3 is 0 Å². The van der Waals surface area contributed by atoms with Gasteiger partial charge in [-0.2, -0.15) is 0 Å². The van der Waals surface area contributed by atoms with Crippen molar-refractivity contribution in [3.05, 3.63) is 216 Å². The van der Waals surface area contributed by atoms with Gasteiger partial charge in [0.25, 0.3) is 0 Å². The zero-order chi connectivity index (χ0) is 33.7. The first kappa shape index (κ1) is 29.7. The van der Waals surface area contributed by atoms with Crippen LogP contribution >= 0.6 is 0 Å². The number of anilines is 3. The molecule has 0 aromatic heterocycles. The summed E-state index contributed by atoms with van der Waals surface area (Å²) in [5, 5.41) is 2.26. The number of benzene rings is 7.